The van der Waals surface area contributed by atoms with Crippen LogP contribution in [-0.4, -0.2) is 23.3 Å². The SMILES string of the molecule is C/C=C/[C@@H]1C[C@@H](O)[C@@H](C)[C@H](C)N1. The first-order valence-electron chi connectivity index (χ1n) is 4.72. The summed E-state index contributed by atoms with van der Waals surface area (Å²) in [5.41, 5.74) is 0. The lowest BCUT2D eigenvalue weighted by atomic mass is 9.87. The third-order valence-electron chi connectivity index (χ3n) is 2.79. The summed E-state index contributed by atoms with van der Waals surface area (Å²) in [6, 6.07) is 0.770. The minimum Gasteiger partial charge on any atom is -0.393 e. The first kappa shape index (κ1) is 9.75. The van der Waals surface area contributed by atoms with Crippen LogP contribution in [0.5, 0.6) is 0 Å². The van der Waals surface area contributed by atoms with Crippen molar-refractivity contribution in [2.24, 2.45) is 5.92 Å². The van der Waals surface area contributed by atoms with Gasteiger partial charge in [0.2, 0.25) is 0 Å². The highest BCUT2D eigenvalue weighted by atomic mass is 16.3. The van der Waals surface area contributed by atoms with Gasteiger partial charge in [-0.25, -0.2) is 0 Å². The van der Waals surface area contributed by atoms with Gasteiger partial charge >= 0.3 is 0 Å². The molecule has 2 nitrogen and oxygen atoms in total. The quantitative estimate of drug-likeness (QED) is 0.580. The number of rotatable bonds is 1. The zero-order chi connectivity index (χ0) is 9.14. The van der Waals surface area contributed by atoms with Gasteiger partial charge in [-0.1, -0.05) is 19.1 Å². The van der Waals surface area contributed by atoms with Crippen LogP contribution in [0.25, 0.3) is 0 Å². The lowest BCUT2D eigenvalue weighted by molar-refractivity contribution is 0.0541. The molecule has 0 bridgehead atoms. The molecular weight excluding hydrogens is 150 g/mol. The third-order valence-corrected chi connectivity index (χ3v) is 2.79. The second-order valence-corrected chi connectivity index (χ2v) is 3.75. The third kappa shape index (κ3) is 2.08. The van der Waals surface area contributed by atoms with Crippen molar-refractivity contribution >= 4 is 0 Å². The van der Waals surface area contributed by atoms with Crippen LogP contribution < -0.4 is 5.32 Å². The average Bonchev–Trinajstić information content (AvgIpc) is 2.01. The van der Waals surface area contributed by atoms with E-state index < -0.39 is 0 Å². The topological polar surface area (TPSA) is 32.3 Å². The molecule has 4 atom stereocenters. The van der Waals surface area contributed by atoms with Crippen molar-refractivity contribution in [3.8, 4) is 0 Å². The molecule has 70 valence electrons. The largest absolute Gasteiger partial charge is 0.393 e. The minimum atomic E-state index is -0.151. The average molecular weight is 169 g/mol. The van der Waals surface area contributed by atoms with Gasteiger partial charge in [0.15, 0.2) is 0 Å². The minimum absolute atomic E-state index is 0.151. The van der Waals surface area contributed by atoms with Crippen LogP contribution in [-0.2, 0) is 0 Å². The van der Waals surface area contributed by atoms with E-state index in [1.165, 1.54) is 0 Å². The molecule has 0 aromatic rings. The first-order chi connectivity index (χ1) is 5.65. The molecule has 0 aromatic heterocycles. The molecule has 2 N–H and O–H groups in total. The Morgan fingerprint density at radius 3 is 2.58 bits per heavy atom. The summed E-state index contributed by atoms with van der Waals surface area (Å²) in [5, 5.41) is 13.1. The monoisotopic (exact) mass is 169 g/mol. The van der Waals surface area contributed by atoms with Gasteiger partial charge in [0.25, 0.3) is 0 Å². The lowest BCUT2D eigenvalue weighted by Gasteiger charge is -2.36. The predicted molar refractivity (Wildman–Crippen MR) is 51.0 cm³/mol. The van der Waals surface area contributed by atoms with Crippen LogP contribution in [0, 0.1) is 5.92 Å². The fourth-order valence-corrected chi connectivity index (χ4v) is 1.73. The van der Waals surface area contributed by atoms with Gasteiger partial charge in [-0.3, -0.25) is 0 Å². The molecular formula is C10H19NO. The second-order valence-electron chi connectivity index (χ2n) is 3.75. The Hall–Kier alpha value is -0.340. The van der Waals surface area contributed by atoms with E-state index in [2.05, 4.69) is 25.2 Å². The Morgan fingerprint density at radius 2 is 2.08 bits per heavy atom. The van der Waals surface area contributed by atoms with Crippen LogP contribution >= 0.6 is 0 Å². The van der Waals surface area contributed by atoms with E-state index in [1.807, 2.05) is 13.0 Å². The molecule has 2 heteroatoms. The summed E-state index contributed by atoms with van der Waals surface area (Å²) in [4.78, 5) is 0. The van der Waals surface area contributed by atoms with Crippen molar-refractivity contribution in [2.45, 2.75) is 45.4 Å². The molecule has 1 fully saturated rings. The summed E-state index contributed by atoms with van der Waals surface area (Å²) in [7, 11) is 0. The van der Waals surface area contributed by atoms with Crippen LogP contribution in [0.4, 0.5) is 0 Å². The molecule has 1 rings (SSSR count). The van der Waals surface area contributed by atoms with Crippen LogP contribution in [0.2, 0.25) is 0 Å². The summed E-state index contributed by atoms with van der Waals surface area (Å²) in [6.45, 7) is 6.23. The molecule has 12 heavy (non-hydrogen) atoms. The maximum atomic E-state index is 9.67. The highest BCUT2D eigenvalue weighted by Gasteiger charge is 2.29. The Bertz CT molecular complexity index is 155. The molecule has 0 spiro atoms. The van der Waals surface area contributed by atoms with Gasteiger partial charge in [-0.15, -0.1) is 0 Å². The number of hydrogen-bond acceptors (Lipinski definition) is 2. The van der Waals surface area contributed by atoms with Gasteiger partial charge < -0.3 is 10.4 Å². The van der Waals surface area contributed by atoms with Crippen molar-refractivity contribution in [1.82, 2.24) is 5.32 Å². The number of piperidine rings is 1. The number of nitrogens with one attached hydrogen (secondary N) is 1. The molecule has 0 amide bonds. The molecule has 0 saturated carbocycles. The van der Waals surface area contributed by atoms with Crippen LogP contribution in [0.3, 0.4) is 0 Å². The fraction of sp³-hybridized carbons (Fsp3) is 0.800. The summed E-state index contributed by atoms with van der Waals surface area (Å²) < 4.78 is 0. The summed E-state index contributed by atoms with van der Waals surface area (Å²) >= 11 is 0. The van der Waals surface area contributed by atoms with E-state index in [0.29, 0.717) is 18.0 Å². The highest BCUT2D eigenvalue weighted by molar-refractivity contribution is 4.98. The second kappa shape index (κ2) is 4.06. The van der Waals surface area contributed by atoms with Crippen molar-refractivity contribution in [3.63, 3.8) is 0 Å². The van der Waals surface area contributed by atoms with Gasteiger partial charge in [0.1, 0.15) is 0 Å². The molecule has 1 saturated heterocycles. The summed E-state index contributed by atoms with van der Waals surface area (Å²) in [6.07, 6.45) is 4.84. The van der Waals surface area contributed by atoms with Crippen LogP contribution in [0.15, 0.2) is 12.2 Å². The van der Waals surface area contributed by atoms with Crippen molar-refractivity contribution in [3.05, 3.63) is 12.2 Å². The first-order valence-corrected chi connectivity index (χ1v) is 4.72. The van der Waals surface area contributed by atoms with Crippen LogP contribution in [0.1, 0.15) is 27.2 Å². The fourth-order valence-electron chi connectivity index (χ4n) is 1.73. The lowest BCUT2D eigenvalue weighted by Crippen LogP contribution is -2.50. The Balaban J connectivity index is 2.53. The van der Waals surface area contributed by atoms with Crippen molar-refractivity contribution < 1.29 is 5.11 Å². The van der Waals surface area contributed by atoms with Gasteiger partial charge in [0.05, 0.1) is 6.10 Å². The van der Waals surface area contributed by atoms with E-state index in [1.54, 1.807) is 0 Å². The number of aliphatic hydroxyl groups is 1. The maximum Gasteiger partial charge on any atom is 0.0598 e. The van der Waals surface area contributed by atoms with Crippen molar-refractivity contribution in [1.29, 1.82) is 0 Å². The Kier molecular flexibility index (Phi) is 3.29. The zero-order valence-electron chi connectivity index (χ0n) is 8.12. The highest BCUT2D eigenvalue weighted by Crippen LogP contribution is 2.20. The molecule has 1 heterocycles. The number of allylic oxidation sites excluding steroid dienone is 1. The molecule has 0 radical (unpaired) electrons. The smallest absolute Gasteiger partial charge is 0.0598 e. The van der Waals surface area contributed by atoms with E-state index in [-0.39, 0.29) is 6.10 Å². The molecule has 0 aromatic carbocycles. The summed E-state index contributed by atoms with van der Waals surface area (Å²) in [5.74, 6) is 0.367. The standard InChI is InChI=1S/C10H19NO/c1-4-5-9-6-10(12)7(2)8(3)11-9/h4-5,7-12H,6H2,1-3H3/b5-4+/t7-,8-,9+,10+/m0/s1. The number of hydrogen-bond donors (Lipinski definition) is 2. The Morgan fingerprint density at radius 1 is 1.42 bits per heavy atom. The maximum absolute atomic E-state index is 9.67. The van der Waals surface area contributed by atoms with Gasteiger partial charge in [0, 0.05) is 12.1 Å². The number of aliphatic hydroxyl groups excluding tert-OH is 1. The Labute approximate surface area is 74.7 Å². The molecule has 0 aliphatic carbocycles. The van der Waals surface area contributed by atoms with Gasteiger partial charge in [-0.05, 0) is 26.2 Å². The van der Waals surface area contributed by atoms with E-state index in [4.69, 9.17) is 0 Å². The van der Waals surface area contributed by atoms with Gasteiger partial charge in [-0.2, -0.15) is 0 Å². The molecule has 1 aliphatic heterocycles. The predicted octanol–water partition coefficient (Wildman–Crippen LogP) is 1.31. The normalized spacial score (nSPS) is 43.7. The molecule has 0 unspecified atom stereocenters. The van der Waals surface area contributed by atoms with E-state index >= 15 is 0 Å². The van der Waals surface area contributed by atoms with Crippen molar-refractivity contribution in [2.75, 3.05) is 0 Å². The van der Waals surface area contributed by atoms with E-state index in [0.717, 1.165) is 6.42 Å². The van der Waals surface area contributed by atoms with E-state index in [9.17, 15) is 5.11 Å². The molecule has 1 aliphatic rings. The zero-order valence-corrected chi connectivity index (χ0v) is 8.12.